The molecular formula is C10H12N2O3. The predicted octanol–water partition coefficient (Wildman–Crippen LogP) is 0.829. The summed E-state index contributed by atoms with van der Waals surface area (Å²) >= 11 is 0. The Hall–Kier alpha value is -1.59. The molecule has 0 aliphatic carbocycles. The highest BCUT2D eigenvalue weighted by molar-refractivity contribution is 5.79. The quantitative estimate of drug-likeness (QED) is 0.780. The van der Waals surface area contributed by atoms with E-state index in [1.165, 1.54) is 0 Å². The van der Waals surface area contributed by atoms with Gasteiger partial charge in [-0.2, -0.15) is 0 Å². The van der Waals surface area contributed by atoms with Crippen LogP contribution in [0.15, 0.2) is 22.6 Å². The van der Waals surface area contributed by atoms with Crippen LogP contribution in [0.3, 0.4) is 0 Å². The van der Waals surface area contributed by atoms with E-state index in [1.54, 1.807) is 25.3 Å². The molecule has 1 unspecified atom stereocenters. The number of aliphatic hydroxyl groups is 1. The molecule has 0 aliphatic heterocycles. The fraction of sp³-hybridized carbons (Fsp3) is 0.300. The molecule has 5 nitrogen and oxygen atoms in total. The number of oxazole rings is 1. The highest BCUT2D eigenvalue weighted by Crippen LogP contribution is 2.26. The largest absolute Gasteiger partial charge is 0.494 e. The Morgan fingerprint density at radius 1 is 1.60 bits per heavy atom. The summed E-state index contributed by atoms with van der Waals surface area (Å²) in [5, 5.41) is 8.88. The lowest BCUT2D eigenvalue weighted by molar-refractivity contribution is 0.250. The second-order valence-electron chi connectivity index (χ2n) is 3.15. The summed E-state index contributed by atoms with van der Waals surface area (Å²) in [6, 6.07) is 4.78. The zero-order valence-corrected chi connectivity index (χ0v) is 8.30. The fourth-order valence-electron chi connectivity index (χ4n) is 1.34. The molecule has 0 bridgehead atoms. The lowest BCUT2D eigenvalue weighted by Gasteiger charge is -1.99. The predicted molar refractivity (Wildman–Crippen MR) is 54.6 cm³/mol. The van der Waals surface area contributed by atoms with Gasteiger partial charge < -0.3 is 20.0 Å². The van der Waals surface area contributed by atoms with Crippen LogP contribution in [-0.2, 0) is 0 Å². The molecule has 5 heteroatoms. The van der Waals surface area contributed by atoms with Crippen LogP contribution in [0.1, 0.15) is 11.9 Å². The Kier molecular flexibility index (Phi) is 2.57. The Labute approximate surface area is 86.5 Å². The molecule has 1 heterocycles. The molecule has 0 aliphatic rings. The number of aliphatic hydroxyl groups excluding tert-OH is 1. The van der Waals surface area contributed by atoms with Gasteiger partial charge >= 0.3 is 0 Å². The number of fused-ring (bicyclic) bond motifs is 1. The van der Waals surface area contributed by atoms with Gasteiger partial charge in [-0.25, -0.2) is 4.98 Å². The zero-order chi connectivity index (χ0) is 10.8. The van der Waals surface area contributed by atoms with Crippen LogP contribution < -0.4 is 10.5 Å². The van der Waals surface area contributed by atoms with Gasteiger partial charge in [0, 0.05) is 0 Å². The average molecular weight is 208 g/mol. The lowest BCUT2D eigenvalue weighted by Crippen LogP contribution is -2.14. The van der Waals surface area contributed by atoms with E-state index < -0.39 is 6.04 Å². The highest BCUT2D eigenvalue weighted by atomic mass is 16.5. The molecule has 1 atom stereocenters. The standard InChI is InChI=1S/C10H12N2O3/c1-14-7-3-2-4-8-9(7)12-10(15-8)6(11)5-13/h2-4,6,13H,5,11H2,1H3. The van der Waals surface area contributed by atoms with Crippen molar-refractivity contribution < 1.29 is 14.3 Å². The maximum atomic E-state index is 8.88. The van der Waals surface area contributed by atoms with E-state index in [1.807, 2.05) is 0 Å². The molecule has 0 radical (unpaired) electrons. The van der Waals surface area contributed by atoms with E-state index in [-0.39, 0.29) is 6.61 Å². The number of aromatic nitrogens is 1. The van der Waals surface area contributed by atoms with Crippen molar-refractivity contribution in [3.05, 3.63) is 24.1 Å². The van der Waals surface area contributed by atoms with Gasteiger partial charge in [0.15, 0.2) is 11.1 Å². The molecule has 2 rings (SSSR count). The molecule has 3 N–H and O–H groups in total. The third-order valence-corrected chi connectivity index (χ3v) is 2.13. The molecular weight excluding hydrogens is 196 g/mol. The number of benzene rings is 1. The third kappa shape index (κ3) is 1.67. The van der Waals surface area contributed by atoms with Crippen molar-refractivity contribution in [3.8, 4) is 5.75 Å². The average Bonchev–Trinajstić information content (AvgIpc) is 2.71. The monoisotopic (exact) mass is 208 g/mol. The van der Waals surface area contributed by atoms with Crippen LogP contribution in [0, 0.1) is 0 Å². The number of rotatable bonds is 3. The van der Waals surface area contributed by atoms with Gasteiger partial charge in [-0.3, -0.25) is 0 Å². The van der Waals surface area contributed by atoms with Crippen LogP contribution >= 0.6 is 0 Å². The summed E-state index contributed by atoms with van der Waals surface area (Å²) in [5.41, 5.74) is 6.83. The van der Waals surface area contributed by atoms with Crippen LogP contribution in [0.5, 0.6) is 5.75 Å². The third-order valence-electron chi connectivity index (χ3n) is 2.13. The van der Waals surface area contributed by atoms with Crippen LogP contribution in [-0.4, -0.2) is 23.8 Å². The minimum absolute atomic E-state index is 0.199. The number of hydrogen-bond donors (Lipinski definition) is 2. The highest BCUT2D eigenvalue weighted by Gasteiger charge is 2.14. The Bertz CT molecular complexity index is 467. The van der Waals surface area contributed by atoms with E-state index in [0.717, 1.165) is 0 Å². The number of para-hydroxylation sites is 1. The molecule has 2 aromatic rings. The molecule has 1 aromatic heterocycles. The number of nitrogens with zero attached hydrogens (tertiary/aromatic N) is 1. The van der Waals surface area contributed by atoms with Crippen LogP contribution in [0.4, 0.5) is 0 Å². The van der Waals surface area contributed by atoms with E-state index >= 15 is 0 Å². The molecule has 0 fully saturated rings. The van der Waals surface area contributed by atoms with Crippen molar-refractivity contribution in [1.29, 1.82) is 0 Å². The number of ether oxygens (including phenoxy) is 1. The molecule has 0 saturated heterocycles. The van der Waals surface area contributed by atoms with Crippen molar-refractivity contribution in [1.82, 2.24) is 4.98 Å². The number of methoxy groups -OCH3 is 1. The molecule has 80 valence electrons. The van der Waals surface area contributed by atoms with Crippen molar-refractivity contribution in [3.63, 3.8) is 0 Å². The summed E-state index contributed by atoms with van der Waals surface area (Å²) in [7, 11) is 1.56. The minimum atomic E-state index is -0.595. The normalized spacial score (nSPS) is 13.0. The zero-order valence-electron chi connectivity index (χ0n) is 8.30. The van der Waals surface area contributed by atoms with Crippen molar-refractivity contribution in [2.75, 3.05) is 13.7 Å². The molecule has 15 heavy (non-hydrogen) atoms. The fourth-order valence-corrected chi connectivity index (χ4v) is 1.34. The van der Waals surface area contributed by atoms with Gasteiger partial charge in [0.1, 0.15) is 11.8 Å². The van der Waals surface area contributed by atoms with Gasteiger partial charge in [0.2, 0.25) is 5.89 Å². The van der Waals surface area contributed by atoms with Crippen LogP contribution in [0.2, 0.25) is 0 Å². The first-order chi connectivity index (χ1) is 7.26. The summed E-state index contributed by atoms with van der Waals surface area (Å²) in [6.45, 7) is -0.199. The van der Waals surface area contributed by atoms with Gasteiger partial charge in [-0.05, 0) is 12.1 Å². The van der Waals surface area contributed by atoms with E-state index in [4.69, 9.17) is 20.0 Å². The molecule has 0 spiro atoms. The maximum absolute atomic E-state index is 8.88. The summed E-state index contributed by atoms with van der Waals surface area (Å²) in [6.07, 6.45) is 0. The van der Waals surface area contributed by atoms with Crippen molar-refractivity contribution in [2.45, 2.75) is 6.04 Å². The molecule has 0 amide bonds. The van der Waals surface area contributed by atoms with Gasteiger partial charge in [-0.15, -0.1) is 0 Å². The second kappa shape index (κ2) is 3.88. The van der Waals surface area contributed by atoms with E-state index in [9.17, 15) is 0 Å². The van der Waals surface area contributed by atoms with E-state index in [2.05, 4.69) is 4.98 Å². The molecule has 1 aromatic carbocycles. The first-order valence-corrected chi connectivity index (χ1v) is 4.56. The van der Waals surface area contributed by atoms with E-state index in [0.29, 0.717) is 22.7 Å². The summed E-state index contributed by atoms with van der Waals surface area (Å²) in [4.78, 5) is 4.18. The SMILES string of the molecule is COc1cccc2oc(C(N)CO)nc12. The Morgan fingerprint density at radius 3 is 3.07 bits per heavy atom. The first-order valence-electron chi connectivity index (χ1n) is 4.56. The van der Waals surface area contributed by atoms with Gasteiger partial charge in [0.05, 0.1) is 13.7 Å². The van der Waals surface area contributed by atoms with Crippen molar-refractivity contribution >= 4 is 11.1 Å². The lowest BCUT2D eigenvalue weighted by atomic mass is 10.3. The second-order valence-corrected chi connectivity index (χ2v) is 3.15. The first kappa shape index (κ1) is 9.95. The van der Waals surface area contributed by atoms with Crippen molar-refractivity contribution in [2.24, 2.45) is 5.73 Å². The maximum Gasteiger partial charge on any atom is 0.214 e. The number of hydrogen-bond acceptors (Lipinski definition) is 5. The van der Waals surface area contributed by atoms with Crippen LogP contribution in [0.25, 0.3) is 11.1 Å². The van der Waals surface area contributed by atoms with Gasteiger partial charge in [-0.1, -0.05) is 6.07 Å². The smallest absolute Gasteiger partial charge is 0.214 e. The Balaban J connectivity index is 2.55. The minimum Gasteiger partial charge on any atom is -0.494 e. The van der Waals surface area contributed by atoms with Gasteiger partial charge in [0.25, 0.3) is 0 Å². The number of nitrogens with two attached hydrogens (primary N) is 1. The Morgan fingerprint density at radius 2 is 2.40 bits per heavy atom. The topological polar surface area (TPSA) is 81.5 Å². The molecule has 0 saturated carbocycles. The summed E-state index contributed by atoms with van der Waals surface area (Å²) in [5.74, 6) is 0.949. The summed E-state index contributed by atoms with van der Waals surface area (Å²) < 4.78 is 10.5.